The molecule has 0 aliphatic carbocycles. The van der Waals surface area contributed by atoms with Crippen LogP contribution in [0.3, 0.4) is 0 Å². The molecule has 2 amide bonds. The molecule has 0 radical (unpaired) electrons. The second-order valence-corrected chi connectivity index (χ2v) is 15.3. The largest absolute Gasteiger partial charge is 0.477 e. The van der Waals surface area contributed by atoms with Gasteiger partial charge in [-0.1, -0.05) is 25.1 Å². The first-order chi connectivity index (χ1) is 20.8. The van der Waals surface area contributed by atoms with Gasteiger partial charge in [0.15, 0.2) is 6.54 Å². The highest BCUT2D eigenvalue weighted by atomic mass is 32.2. The van der Waals surface area contributed by atoms with Crippen LogP contribution in [0.1, 0.15) is 19.4 Å². The number of carbonyl (C=O) groups excluding carboxylic acids is 2. The maximum Gasteiger partial charge on any atom is 0.352 e. The van der Waals surface area contributed by atoms with E-state index < -0.39 is 45.9 Å². The predicted octanol–water partition coefficient (Wildman–Crippen LogP) is 0.233. The van der Waals surface area contributed by atoms with Crippen LogP contribution in [-0.4, -0.2) is 121 Å². The molecule has 12 nitrogen and oxygen atoms in total. The first kappa shape index (κ1) is 29.2. The van der Waals surface area contributed by atoms with E-state index in [0.29, 0.717) is 23.2 Å². The number of anilines is 1. The van der Waals surface area contributed by atoms with Gasteiger partial charge in [-0.15, -0.1) is 0 Å². The average molecular weight is 626 g/mol. The summed E-state index contributed by atoms with van der Waals surface area (Å²) >= 11 is 0. The molecule has 6 heterocycles. The van der Waals surface area contributed by atoms with Crippen LogP contribution in [0.15, 0.2) is 46.5 Å². The molecule has 44 heavy (non-hydrogen) atoms. The first-order valence-corrected chi connectivity index (χ1v) is 16.8. The number of nitrogens with two attached hydrogens (primary N) is 1. The van der Waals surface area contributed by atoms with E-state index in [1.807, 2.05) is 18.2 Å². The predicted molar refractivity (Wildman–Crippen MR) is 160 cm³/mol. The van der Waals surface area contributed by atoms with Gasteiger partial charge in [0.05, 0.1) is 41.7 Å². The SMILES string of the molecule is C[C@@H](O)[C@H]1C(=O)N2C(C(=O)O)=C(CN3c4ccc(CC[N+]56CC[N+](CC(N)=O)(CC5)CC6)c5cccc(c45)S3(=O)=O)[C@H](C)[C@H]12. The number of primary amides is 1. The Labute approximate surface area is 256 Å². The van der Waals surface area contributed by atoms with Gasteiger partial charge in [-0.05, 0) is 35.6 Å². The first-order valence-electron chi connectivity index (χ1n) is 15.3. The molecular formula is C31H39N5O7S+2. The van der Waals surface area contributed by atoms with E-state index in [2.05, 4.69) is 0 Å². The number of carboxylic acids is 1. The number of hydrogen-bond acceptors (Lipinski definition) is 6. The number of aliphatic hydroxyl groups excluding tert-OH is 1. The van der Waals surface area contributed by atoms with Crippen molar-refractivity contribution >= 4 is 44.3 Å². The summed E-state index contributed by atoms with van der Waals surface area (Å²) in [5, 5.41) is 21.8. The van der Waals surface area contributed by atoms with E-state index in [1.165, 1.54) is 16.1 Å². The second kappa shape index (κ2) is 9.74. The van der Waals surface area contributed by atoms with Crippen molar-refractivity contribution in [2.45, 2.75) is 37.3 Å². The molecule has 2 aromatic carbocycles. The molecule has 8 rings (SSSR count). The number of amides is 2. The third-order valence-electron chi connectivity index (χ3n) is 11.2. The van der Waals surface area contributed by atoms with Crippen molar-refractivity contribution in [3.63, 3.8) is 0 Å². The summed E-state index contributed by atoms with van der Waals surface area (Å²) in [7, 11) is -3.99. The van der Waals surface area contributed by atoms with Gasteiger partial charge in [-0.3, -0.25) is 13.9 Å². The van der Waals surface area contributed by atoms with Crippen LogP contribution in [-0.2, 0) is 30.8 Å². The number of aliphatic carboxylic acids is 1. The number of benzene rings is 2. The number of carboxylic acid groups (broad SMARTS) is 1. The Morgan fingerprint density at radius 3 is 2.34 bits per heavy atom. The van der Waals surface area contributed by atoms with Gasteiger partial charge < -0.3 is 29.8 Å². The molecule has 234 valence electrons. The number of piperazine rings is 3. The molecule has 4 atom stereocenters. The molecule has 0 aromatic heterocycles. The van der Waals surface area contributed by atoms with Crippen molar-refractivity contribution < 1.29 is 42.0 Å². The Morgan fingerprint density at radius 1 is 1.07 bits per heavy atom. The number of aliphatic hydroxyl groups is 1. The maximum absolute atomic E-state index is 14.0. The number of sulfonamides is 1. The molecule has 0 unspecified atom stereocenters. The maximum atomic E-state index is 14.0. The fraction of sp³-hybridized carbons (Fsp3) is 0.516. The van der Waals surface area contributed by atoms with Gasteiger partial charge in [-0.2, -0.15) is 0 Å². The zero-order valence-corrected chi connectivity index (χ0v) is 25.8. The number of β-lactam (4-membered cyclic amide) rings is 1. The summed E-state index contributed by atoms with van der Waals surface area (Å²) in [6.45, 7) is 10.2. The lowest BCUT2D eigenvalue weighted by Gasteiger charge is -2.55. The molecule has 0 spiro atoms. The van der Waals surface area contributed by atoms with Crippen molar-refractivity contribution in [2.24, 2.45) is 17.6 Å². The second-order valence-electron chi connectivity index (χ2n) is 13.5. The van der Waals surface area contributed by atoms with E-state index in [-0.39, 0.29) is 23.0 Å². The number of carbonyl (C=O) groups is 3. The van der Waals surface area contributed by atoms with E-state index in [9.17, 15) is 33.0 Å². The Hall–Kier alpha value is -3.52. The van der Waals surface area contributed by atoms with Gasteiger partial charge in [0.25, 0.3) is 15.9 Å². The van der Waals surface area contributed by atoms with Crippen LogP contribution in [0.5, 0.6) is 0 Å². The molecule has 13 heteroatoms. The average Bonchev–Trinajstić information content (AvgIpc) is 3.34. The molecular weight excluding hydrogens is 586 g/mol. The Kier molecular flexibility index (Phi) is 6.46. The highest BCUT2D eigenvalue weighted by Crippen LogP contribution is 2.50. The van der Waals surface area contributed by atoms with Crippen molar-refractivity contribution in [3.05, 3.63) is 47.2 Å². The smallest absolute Gasteiger partial charge is 0.352 e. The molecule has 2 bridgehead atoms. The molecule has 4 N–H and O–H groups in total. The number of quaternary nitrogens is 2. The fourth-order valence-corrected chi connectivity index (χ4v) is 10.4. The molecule has 4 fully saturated rings. The lowest BCUT2D eigenvalue weighted by Crippen LogP contribution is -2.76. The Bertz CT molecular complexity index is 1750. The highest BCUT2D eigenvalue weighted by molar-refractivity contribution is 7.93. The van der Waals surface area contributed by atoms with Gasteiger partial charge in [0.1, 0.15) is 45.0 Å². The topological polar surface area (TPSA) is 158 Å². The van der Waals surface area contributed by atoms with Crippen molar-refractivity contribution in [2.75, 3.05) is 63.2 Å². The van der Waals surface area contributed by atoms with E-state index in [0.717, 1.165) is 72.1 Å². The normalized spacial score (nSPS) is 32.2. The molecule has 6 aliphatic rings. The number of rotatable bonds is 9. The third kappa shape index (κ3) is 4.05. The molecule has 2 aromatic rings. The van der Waals surface area contributed by atoms with E-state index in [1.54, 1.807) is 19.1 Å². The Morgan fingerprint density at radius 2 is 1.73 bits per heavy atom. The van der Waals surface area contributed by atoms with Crippen LogP contribution in [0.2, 0.25) is 0 Å². The summed E-state index contributed by atoms with van der Waals surface area (Å²) in [6, 6.07) is 8.61. The summed E-state index contributed by atoms with van der Waals surface area (Å²) < 4.78 is 31.0. The summed E-state index contributed by atoms with van der Waals surface area (Å²) in [4.78, 5) is 38.3. The third-order valence-corrected chi connectivity index (χ3v) is 13.0. The lowest BCUT2D eigenvalue weighted by atomic mass is 9.78. The molecule has 6 aliphatic heterocycles. The van der Waals surface area contributed by atoms with Gasteiger partial charge >= 0.3 is 5.97 Å². The minimum atomic E-state index is -3.99. The fourth-order valence-electron chi connectivity index (χ4n) is 8.69. The quantitative estimate of drug-likeness (QED) is 0.266. The standard InChI is InChI=1S/C31H37N5O7S/c1-18-22(29(31(40)41)34-28(18)26(19(2)37)30(34)39)16-33-23-7-6-20(21-4-3-5-24(27(21)23)44(33,42)43)8-9-35-10-13-36(14-11-35,15-12-35)17-25(32)38/h3-7,18-19,26,28,37H,8-17H2,1-2H3,(H-2,32,38,40,41)/p+2/t18-,19+,26+,28+,35?,36?/m0/s1. The zero-order chi connectivity index (χ0) is 31.3. The van der Waals surface area contributed by atoms with Crippen molar-refractivity contribution in [3.8, 4) is 0 Å². The van der Waals surface area contributed by atoms with Gasteiger partial charge in [0.2, 0.25) is 5.91 Å². The lowest BCUT2D eigenvalue weighted by molar-refractivity contribution is -1.08. The van der Waals surface area contributed by atoms with Crippen LogP contribution >= 0.6 is 0 Å². The summed E-state index contributed by atoms with van der Waals surface area (Å²) in [6.07, 6.45) is -0.161. The van der Waals surface area contributed by atoms with Crippen molar-refractivity contribution in [1.82, 2.24) is 4.90 Å². The van der Waals surface area contributed by atoms with Crippen molar-refractivity contribution in [1.29, 1.82) is 0 Å². The minimum Gasteiger partial charge on any atom is -0.477 e. The number of fused-ring (bicyclic) bond motifs is 4. The van der Waals surface area contributed by atoms with Crippen LogP contribution < -0.4 is 10.0 Å². The van der Waals surface area contributed by atoms with Crippen LogP contribution in [0.25, 0.3) is 10.8 Å². The zero-order valence-electron chi connectivity index (χ0n) is 25.0. The van der Waals surface area contributed by atoms with Crippen LogP contribution in [0.4, 0.5) is 5.69 Å². The Balaban J connectivity index is 1.18. The van der Waals surface area contributed by atoms with Gasteiger partial charge in [-0.25, -0.2) is 13.2 Å². The van der Waals surface area contributed by atoms with Crippen LogP contribution in [0, 0.1) is 11.8 Å². The number of nitrogens with zero attached hydrogens (tertiary/aromatic N) is 4. The monoisotopic (exact) mass is 625 g/mol. The summed E-state index contributed by atoms with van der Waals surface area (Å²) in [5.41, 5.74) is 7.29. The van der Waals surface area contributed by atoms with Gasteiger partial charge in [0, 0.05) is 17.7 Å². The van der Waals surface area contributed by atoms with E-state index >= 15 is 0 Å². The number of hydrogen-bond donors (Lipinski definition) is 3. The summed E-state index contributed by atoms with van der Waals surface area (Å²) in [5.74, 6) is -3.14. The minimum absolute atomic E-state index is 0.182. The molecule has 0 saturated carbocycles. The molecule has 4 saturated heterocycles. The highest BCUT2D eigenvalue weighted by Gasteiger charge is 2.60. The van der Waals surface area contributed by atoms with E-state index in [4.69, 9.17) is 5.73 Å².